The number of nitrogens with zero attached hydrogens (tertiary/aromatic N) is 3. The maximum atomic E-state index is 12.7. The van der Waals surface area contributed by atoms with E-state index in [2.05, 4.69) is 15.4 Å². The van der Waals surface area contributed by atoms with Gasteiger partial charge >= 0.3 is 0 Å². The van der Waals surface area contributed by atoms with Crippen LogP contribution in [-0.2, 0) is 7.05 Å². The van der Waals surface area contributed by atoms with Crippen LogP contribution >= 0.6 is 11.3 Å². The number of anilines is 2. The number of amides is 1. The standard InChI is InChI=1S/C19H17N5OS/c1-11-8-13(9-16-17(11)22-19(20)26-16)21-18(25)15-10-14(23-24(15)2)12-6-4-3-5-7-12/h3-10H,1-2H3,(H2,20,22)(H,21,25). The highest BCUT2D eigenvalue weighted by Crippen LogP contribution is 2.30. The molecule has 26 heavy (non-hydrogen) atoms. The van der Waals surface area contributed by atoms with Gasteiger partial charge in [-0.25, -0.2) is 4.98 Å². The lowest BCUT2D eigenvalue weighted by Gasteiger charge is -2.06. The van der Waals surface area contributed by atoms with Crippen molar-refractivity contribution in [2.75, 3.05) is 11.1 Å². The first-order valence-corrected chi connectivity index (χ1v) is 8.90. The third-order valence-electron chi connectivity index (χ3n) is 4.14. The van der Waals surface area contributed by atoms with Crippen LogP contribution in [0.5, 0.6) is 0 Å². The average Bonchev–Trinajstić information content (AvgIpc) is 3.18. The molecule has 2 aromatic carbocycles. The summed E-state index contributed by atoms with van der Waals surface area (Å²) >= 11 is 1.41. The smallest absolute Gasteiger partial charge is 0.273 e. The van der Waals surface area contributed by atoms with Gasteiger partial charge in [-0.3, -0.25) is 9.48 Å². The van der Waals surface area contributed by atoms with Crippen LogP contribution in [-0.4, -0.2) is 20.7 Å². The molecule has 4 aromatic rings. The van der Waals surface area contributed by atoms with E-state index in [9.17, 15) is 4.79 Å². The number of nitrogens with one attached hydrogen (secondary N) is 1. The van der Waals surface area contributed by atoms with E-state index in [0.717, 1.165) is 27.0 Å². The number of aromatic nitrogens is 3. The second kappa shape index (κ2) is 6.27. The van der Waals surface area contributed by atoms with Crippen molar-refractivity contribution in [3.8, 4) is 11.3 Å². The largest absolute Gasteiger partial charge is 0.375 e. The molecule has 1 amide bonds. The third kappa shape index (κ3) is 2.93. The highest BCUT2D eigenvalue weighted by Gasteiger charge is 2.15. The molecule has 0 saturated heterocycles. The average molecular weight is 363 g/mol. The predicted octanol–water partition coefficient (Wildman–Crippen LogP) is 3.84. The first kappa shape index (κ1) is 16.3. The Labute approximate surface area is 154 Å². The van der Waals surface area contributed by atoms with Crippen LogP contribution in [0.15, 0.2) is 48.5 Å². The summed E-state index contributed by atoms with van der Waals surface area (Å²) < 4.78 is 2.54. The van der Waals surface area contributed by atoms with E-state index in [1.807, 2.05) is 49.4 Å². The first-order valence-electron chi connectivity index (χ1n) is 8.09. The summed E-state index contributed by atoms with van der Waals surface area (Å²) in [6, 6.07) is 15.4. The van der Waals surface area contributed by atoms with Gasteiger partial charge in [0.25, 0.3) is 5.91 Å². The monoisotopic (exact) mass is 363 g/mol. The van der Waals surface area contributed by atoms with E-state index in [1.165, 1.54) is 11.3 Å². The molecule has 0 atom stereocenters. The normalized spacial score (nSPS) is 11.0. The van der Waals surface area contributed by atoms with Gasteiger partial charge in [0.15, 0.2) is 5.13 Å². The van der Waals surface area contributed by atoms with Crippen molar-refractivity contribution in [2.45, 2.75) is 6.92 Å². The summed E-state index contributed by atoms with van der Waals surface area (Å²) in [5, 5.41) is 7.91. The Morgan fingerprint density at radius 3 is 2.73 bits per heavy atom. The molecule has 130 valence electrons. The maximum absolute atomic E-state index is 12.7. The zero-order valence-electron chi connectivity index (χ0n) is 14.4. The fourth-order valence-electron chi connectivity index (χ4n) is 2.91. The molecule has 0 fully saturated rings. The fourth-order valence-corrected chi connectivity index (χ4v) is 3.76. The van der Waals surface area contributed by atoms with Crippen LogP contribution in [0.2, 0.25) is 0 Å². The van der Waals surface area contributed by atoms with Crippen LogP contribution in [0.25, 0.3) is 21.5 Å². The number of rotatable bonds is 3. The van der Waals surface area contributed by atoms with E-state index >= 15 is 0 Å². The van der Waals surface area contributed by atoms with Crippen LogP contribution in [0.3, 0.4) is 0 Å². The SMILES string of the molecule is Cc1cc(NC(=O)c2cc(-c3ccccc3)nn2C)cc2sc(N)nc12. The molecular formula is C19H17N5OS. The maximum Gasteiger partial charge on any atom is 0.273 e. The molecule has 0 aliphatic heterocycles. The molecule has 0 aliphatic carbocycles. The molecule has 6 nitrogen and oxygen atoms in total. The van der Waals surface area contributed by atoms with Crippen molar-refractivity contribution in [3.63, 3.8) is 0 Å². The van der Waals surface area contributed by atoms with E-state index in [-0.39, 0.29) is 5.91 Å². The van der Waals surface area contributed by atoms with Crippen LogP contribution in [0, 0.1) is 6.92 Å². The number of benzene rings is 2. The topological polar surface area (TPSA) is 85.8 Å². The molecule has 4 rings (SSSR count). The van der Waals surface area contributed by atoms with Gasteiger partial charge in [-0.1, -0.05) is 41.7 Å². The minimum absolute atomic E-state index is 0.210. The molecule has 0 saturated carbocycles. The Bertz CT molecular complexity index is 1110. The highest BCUT2D eigenvalue weighted by atomic mass is 32.1. The number of fused-ring (bicyclic) bond motifs is 1. The molecule has 3 N–H and O–H groups in total. The fraction of sp³-hybridized carbons (Fsp3) is 0.105. The first-order chi connectivity index (χ1) is 12.5. The number of nitrogen functional groups attached to an aromatic ring is 1. The third-order valence-corrected chi connectivity index (χ3v) is 4.97. The van der Waals surface area contributed by atoms with Crippen molar-refractivity contribution >= 4 is 38.3 Å². The molecule has 7 heteroatoms. The highest BCUT2D eigenvalue weighted by molar-refractivity contribution is 7.22. The van der Waals surface area contributed by atoms with Gasteiger partial charge in [-0.05, 0) is 30.7 Å². The Morgan fingerprint density at radius 2 is 1.96 bits per heavy atom. The van der Waals surface area contributed by atoms with Crippen molar-refractivity contribution < 1.29 is 4.79 Å². The minimum Gasteiger partial charge on any atom is -0.375 e. The zero-order chi connectivity index (χ0) is 18.3. The molecule has 0 bridgehead atoms. The summed E-state index contributed by atoms with van der Waals surface area (Å²) in [6.45, 7) is 1.95. The minimum atomic E-state index is -0.210. The zero-order valence-corrected chi connectivity index (χ0v) is 15.2. The molecule has 2 heterocycles. The van der Waals surface area contributed by atoms with E-state index in [1.54, 1.807) is 17.8 Å². The van der Waals surface area contributed by atoms with E-state index in [0.29, 0.717) is 16.5 Å². The van der Waals surface area contributed by atoms with Gasteiger partial charge in [0.05, 0.1) is 15.9 Å². The second-order valence-electron chi connectivity index (χ2n) is 6.05. The molecule has 0 radical (unpaired) electrons. The van der Waals surface area contributed by atoms with Gasteiger partial charge in [0.1, 0.15) is 5.69 Å². The summed E-state index contributed by atoms with van der Waals surface area (Å²) in [4.78, 5) is 17.0. The van der Waals surface area contributed by atoms with Crippen LogP contribution in [0.1, 0.15) is 16.1 Å². The Morgan fingerprint density at radius 1 is 1.19 bits per heavy atom. The number of aryl methyl sites for hydroxylation is 2. The summed E-state index contributed by atoms with van der Waals surface area (Å²) in [6.07, 6.45) is 0. The van der Waals surface area contributed by atoms with Gasteiger partial charge in [0, 0.05) is 18.3 Å². The Balaban J connectivity index is 1.64. The predicted molar refractivity (Wildman–Crippen MR) is 105 cm³/mol. The number of nitrogens with two attached hydrogens (primary N) is 1. The number of hydrogen-bond acceptors (Lipinski definition) is 5. The van der Waals surface area contributed by atoms with Crippen molar-refractivity contribution in [1.82, 2.24) is 14.8 Å². The summed E-state index contributed by atoms with van der Waals surface area (Å²) in [7, 11) is 1.76. The lowest BCUT2D eigenvalue weighted by atomic mass is 10.1. The van der Waals surface area contributed by atoms with Crippen LogP contribution < -0.4 is 11.1 Å². The molecular weight excluding hydrogens is 346 g/mol. The lowest BCUT2D eigenvalue weighted by Crippen LogP contribution is -2.16. The van der Waals surface area contributed by atoms with Gasteiger partial charge in [-0.15, -0.1) is 0 Å². The van der Waals surface area contributed by atoms with Gasteiger partial charge in [0.2, 0.25) is 0 Å². The molecule has 0 unspecified atom stereocenters. The van der Waals surface area contributed by atoms with E-state index < -0.39 is 0 Å². The van der Waals surface area contributed by atoms with Gasteiger partial charge < -0.3 is 11.1 Å². The number of hydrogen-bond donors (Lipinski definition) is 2. The Kier molecular flexibility index (Phi) is 3.93. The molecule has 2 aromatic heterocycles. The number of thiazole rings is 1. The molecule has 0 spiro atoms. The lowest BCUT2D eigenvalue weighted by molar-refractivity contribution is 0.101. The van der Waals surface area contributed by atoms with Crippen molar-refractivity contribution in [1.29, 1.82) is 0 Å². The number of carbonyl (C=O) groups excluding carboxylic acids is 1. The summed E-state index contributed by atoms with van der Waals surface area (Å²) in [5.74, 6) is -0.210. The van der Waals surface area contributed by atoms with Crippen molar-refractivity contribution in [3.05, 3.63) is 59.8 Å². The summed E-state index contributed by atoms with van der Waals surface area (Å²) in [5.41, 5.74) is 10.6. The van der Waals surface area contributed by atoms with Gasteiger partial charge in [-0.2, -0.15) is 5.10 Å². The van der Waals surface area contributed by atoms with Crippen LogP contribution in [0.4, 0.5) is 10.8 Å². The Hall–Kier alpha value is -3.19. The molecule has 0 aliphatic rings. The number of carbonyl (C=O) groups is 1. The quantitative estimate of drug-likeness (QED) is 0.579. The van der Waals surface area contributed by atoms with Crippen molar-refractivity contribution in [2.24, 2.45) is 7.05 Å². The second-order valence-corrected chi connectivity index (χ2v) is 7.11. The van der Waals surface area contributed by atoms with E-state index in [4.69, 9.17) is 5.73 Å².